The van der Waals surface area contributed by atoms with Gasteiger partial charge >= 0.3 is 0 Å². The summed E-state index contributed by atoms with van der Waals surface area (Å²) in [7, 11) is -3.15. The van der Waals surface area contributed by atoms with Crippen LogP contribution in [0.3, 0.4) is 0 Å². The maximum atomic E-state index is 12.1. The van der Waals surface area contributed by atoms with E-state index in [-0.39, 0.29) is 5.75 Å². The number of anilines is 1. The van der Waals surface area contributed by atoms with E-state index < -0.39 is 10.0 Å². The van der Waals surface area contributed by atoms with Gasteiger partial charge in [0.2, 0.25) is 10.0 Å². The number of rotatable bonds is 3. The average Bonchev–Trinajstić information content (AvgIpc) is 2.77. The van der Waals surface area contributed by atoms with Crippen LogP contribution in [0.4, 0.5) is 5.69 Å². The number of aryl methyl sites for hydroxylation is 1. The van der Waals surface area contributed by atoms with E-state index in [1.165, 1.54) is 0 Å². The quantitative estimate of drug-likeness (QED) is 0.831. The Morgan fingerprint density at radius 2 is 1.94 bits per heavy atom. The molecule has 17 heavy (non-hydrogen) atoms. The Kier molecular flexibility index (Phi) is 3.40. The third kappa shape index (κ3) is 2.79. The van der Waals surface area contributed by atoms with Gasteiger partial charge in [-0.2, -0.15) is 0 Å². The van der Waals surface area contributed by atoms with Gasteiger partial charge in [0.1, 0.15) is 0 Å². The summed E-state index contributed by atoms with van der Waals surface area (Å²) in [5.41, 5.74) is 8.15. The lowest BCUT2D eigenvalue weighted by molar-refractivity contribution is 0.476. The molecule has 0 saturated carbocycles. The zero-order valence-corrected chi connectivity index (χ0v) is 10.8. The van der Waals surface area contributed by atoms with E-state index in [1.54, 1.807) is 16.4 Å². The molecule has 94 valence electrons. The SMILES string of the molecule is Cc1cc(CS(=O)(=O)N2CCCC2)ccc1N. The van der Waals surface area contributed by atoms with Crippen LogP contribution in [0.5, 0.6) is 0 Å². The van der Waals surface area contributed by atoms with Gasteiger partial charge in [0.15, 0.2) is 0 Å². The first-order chi connectivity index (χ1) is 7.99. The van der Waals surface area contributed by atoms with Crippen LogP contribution < -0.4 is 5.73 Å². The maximum Gasteiger partial charge on any atom is 0.218 e. The molecule has 2 N–H and O–H groups in total. The van der Waals surface area contributed by atoms with Crippen LogP contribution in [0.1, 0.15) is 24.0 Å². The second-order valence-corrected chi connectivity index (χ2v) is 6.52. The molecule has 0 radical (unpaired) electrons. The highest BCUT2D eigenvalue weighted by Crippen LogP contribution is 2.19. The highest BCUT2D eigenvalue weighted by Gasteiger charge is 2.25. The Morgan fingerprint density at radius 1 is 1.29 bits per heavy atom. The van der Waals surface area contributed by atoms with Crippen molar-refractivity contribution >= 4 is 15.7 Å². The molecule has 0 spiro atoms. The van der Waals surface area contributed by atoms with E-state index in [2.05, 4.69) is 0 Å². The Hall–Kier alpha value is -1.07. The Bertz CT molecular complexity index is 505. The van der Waals surface area contributed by atoms with Crippen LogP contribution in [0, 0.1) is 6.92 Å². The van der Waals surface area contributed by atoms with Crippen molar-refractivity contribution in [3.05, 3.63) is 29.3 Å². The van der Waals surface area contributed by atoms with E-state index >= 15 is 0 Å². The lowest BCUT2D eigenvalue weighted by Gasteiger charge is -2.15. The van der Waals surface area contributed by atoms with Crippen molar-refractivity contribution in [2.45, 2.75) is 25.5 Å². The summed E-state index contributed by atoms with van der Waals surface area (Å²) in [4.78, 5) is 0. The Labute approximate surface area is 102 Å². The first kappa shape index (κ1) is 12.4. The molecule has 1 fully saturated rings. The Morgan fingerprint density at radius 3 is 2.53 bits per heavy atom. The van der Waals surface area contributed by atoms with Gasteiger partial charge in [-0.15, -0.1) is 0 Å². The van der Waals surface area contributed by atoms with Crippen LogP contribution in [-0.2, 0) is 15.8 Å². The monoisotopic (exact) mass is 254 g/mol. The van der Waals surface area contributed by atoms with Crippen molar-refractivity contribution in [3.8, 4) is 0 Å². The van der Waals surface area contributed by atoms with Crippen LogP contribution in [0.2, 0.25) is 0 Å². The van der Waals surface area contributed by atoms with E-state index in [0.717, 1.165) is 24.0 Å². The number of hydrogen-bond donors (Lipinski definition) is 1. The molecule has 0 atom stereocenters. The second-order valence-electron chi connectivity index (χ2n) is 4.55. The number of nitrogens with zero attached hydrogens (tertiary/aromatic N) is 1. The fourth-order valence-electron chi connectivity index (χ4n) is 2.10. The lowest BCUT2D eigenvalue weighted by Crippen LogP contribution is -2.29. The minimum atomic E-state index is -3.15. The van der Waals surface area contributed by atoms with E-state index in [1.807, 2.05) is 13.0 Å². The third-order valence-electron chi connectivity index (χ3n) is 3.14. The second kappa shape index (κ2) is 4.66. The molecule has 1 aliphatic heterocycles. The van der Waals surface area contributed by atoms with Crippen molar-refractivity contribution in [1.29, 1.82) is 0 Å². The predicted octanol–water partition coefficient (Wildman–Crippen LogP) is 1.50. The molecule has 0 amide bonds. The molecule has 0 unspecified atom stereocenters. The summed E-state index contributed by atoms with van der Waals surface area (Å²) in [6, 6.07) is 5.41. The first-order valence-corrected chi connectivity index (χ1v) is 7.43. The standard InChI is InChI=1S/C12H18N2O2S/c1-10-8-11(4-5-12(10)13)9-17(15,16)14-6-2-3-7-14/h4-5,8H,2-3,6-7,9,13H2,1H3. The Balaban J connectivity index is 2.17. The van der Waals surface area contributed by atoms with Gasteiger partial charge in [-0.3, -0.25) is 0 Å². The number of benzene rings is 1. The molecule has 2 rings (SSSR count). The fraction of sp³-hybridized carbons (Fsp3) is 0.500. The topological polar surface area (TPSA) is 63.4 Å². The van der Waals surface area contributed by atoms with Gasteiger partial charge in [-0.25, -0.2) is 12.7 Å². The number of nitrogens with two attached hydrogens (primary N) is 1. The summed E-state index contributed by atoms with van der Waals surface area (Å²) in [6.07, 6.45) is 1.94. The summed E-state index contributed by atoms with van der Waals surface area (Å²) in [5, 5.41) is 0. The van der Waals surface area contributed by atoms with Crippen LogP contribution >= 0.6 is 0 Å². The summed E-state index contributed by atoms with van der Waals surface area (Å²) in [6.45, 7) is 3.22. The van der Waals surface area contributed by atoms with Crippen LogP contribution in [0.15, 0.2) is 18.2 Å². The molecule has 0 aliphatic carbocycles. The summed E-state index contributed by atoms with van der Waals surface area (Å²) < 4.78 is 25.8. The van der Waals surface area contributed by atoms with Gasteiger partial charge in [0, 0.05) is 18.8 Å². The number of hydrogen-bond acceptors (Lipinski definition) is 3. The van der Waals surface area contributed by atoms with Gasteiger partial charge < -0.3 is 5.73 Å². The molecule has 0 aromatic heterocycles. The molecule has 0 bridgehead atoms. The molecular weight excluding hydrogens is 236 g/mol. The number of nitrogen functional groups attached to an aromatic ring is 1. The lowest BCUT2D eigenvalue weighted by atomic mass is 10.1. The van der Waals surface area contributed by atoms with Gasteiger partial charge in [-0.1, -0.05) is 12.1 Å². The zero-order chi connectivity index (χ0) is 12.5. The molecular formula is C12H18N2O2S. The highest BCUT2D eigenvalue weighted by molar-refractivity contribution is 7.88. The van der Waals surface area contributed by atoms with E-state index in [0.29, 0.717) is 18.8 Å². The van der Waals surface area contributed by atoms with Crippen molar-refractivity contribution < 1.29 is 8.42 Å². The van der Waals surface area contributed by atoms with Crippen molar-refractivity contribution in [2.75, 3.05) is 18.8 Å². The predicted molar refractivity (Wildman–Crippen MR) is 69.0 cm³/mol. The minimum Gasteiger partial charge on any atom is -0.399 e. The smallest absolute Gasteiger partial charge is 0.218 e. The van der Waals surface area contributed by atoms with Gasteiger partial charge in [0.05, 0.1) is 5.75 Å². The molecule has 4 nitrogen and oxygen atoms in total. The number of sulfonamides is 1. The first-order valence-electron chi connectivity index (χ1n) is 5.82. The summed E-state index contributed by atoms with van der Waals surface area (Å²) in [5.74, 6) is 0.0775. The van der Waals surface area contributed by atoms with Gasteiger partial charge in [-0.05, 0) is 37.0 Å². The molecule has 5 heteroatoms. The maximum absolute atomic E-state index is 12.1. The third-order valence-corrected chi connectivity index (χ3v) is 4.99. The fourth-order valence-corrected chi connectivity index (χ4v) is 3.69. The molecule has 1 saturated heterocycles. The summed E-state index contributed by atoms with van der Waals surface area (Å²) >= 11 is 0. The molecule has 1 aliphatic rings. The average molecular weight is 254 g/mol. The van der Waals surface area contributed by atoms with Crippen molar-refractivity contribution in [2.24, 2.45) is 0 Å². The van der Waals surface area contributed by atoms with Crippen molar-refractivity contribution in [1.82, 2.24) is 4.31 Å². The van der Waals surface area contributed by atoms with Gasteiger partial charge in [0.25, 0.3) is 0 Å². The molecule has 1 aromatic carbocycles. The largest absolute Gasteiger partial charge is 0.399 e. The van der Waals surface area contributed by atoms with E-state index in [9.17, 15) is 8.42 Å². The highest BCUT2D eigenvalue weighted by atomic mass is 32.2. The molecule has 1 aromatic rings. The van der Waals surface area contributed by atoms with Crippen LogP contribution in [-0.4, -0.2) is 25.8 Å². The minimum absolute atomic E-state index is 0.0775. The van der Waals surface area contributed by atoms with Crippen molar-refractivity contribution in [3.63, 3.8) is 0 Å². The van der Waals surface area contributed by atoms with E-state index in [4.69, 9.17) is 5.73 Å². The normalized spacial score (nSPS) is 17.5. The zero-order valence-electron chi connectivity index (χ0n) is 10.0. The van der Waals surface area contributed by atoms with Crippen LogP contribution in [0.25, 0.3) is 0 Å². The molecule has 1 heterocycles.